The van der Waals surface area contributed by atoms with Gasteiger partial charge in [-0.3, -0.25) is 14.5 Å². The molecular weight excluding hydrogens is 342 g/mol. The molecule has 6 heteroatoms. The molecule has 1 fully saturated rings. The lowest BCUT2D eigenvalue weighted by Crippen LogP contribution is -2.37. The van der Waals surface area contributed by atoms with E-state index in [1.165, 1.54) is 12.5 Å². The van der Waals surface area contributed by atoms with Gasteiger partial charge in [0.15, 0.2) is 5.78 Å². The first kappa shape index (κ1) is 19.3. The summed E-state index contributed by atoms with van der Waals surface area (Å²) in [7, 11) is 0. The second kappa shape index (κ2) is 8.97. The molecule has 1 aliphatic heterocycles. The van der Waals surface area contributed by atoms with Gasteiger partial charge in [0, 0.05) is 30.9 Å². The standard InChI is InChI=1S/C21H27N3O3/c1-15(25)17-4-7-19(21(22)26)20(14-17)23-18-5-2-16(3-6-18)8-9-24-10-12-27-13-11-24/h2,4-5,7,14,23H,3,6,8-13H2,1H3,(H2,22,26). The third kappa shape index (κ3) is 5.28. The van der Waals surface area contributed by atoms with Gasteiger partial charge in [0.25, 0.3) is 5.91 Å². The highest BCUT2D eigenvalue weighted by molar-refractivity contribution is 6.02. The fourth-order valence-electron chi connectivity index (χ4n) is 3.37. The number of nitrogens with two attached hydrogens (primary N) is 1. The average molecular weight is 369 g/mol. The topological polar surface area (TPSA) is 84.7 Å². The Morgan fingerprint density at radius 1 is 1.19 bits per heavy atom. The van der Waals surface area contributed by atoms with E-state index in [9.17, 15) is 9.59 Å². The third-order valence-corrected chi connectivity index (χ3v) is 5.08. The summed E-state index contributed by atoms with van der Waals surface area (Å²) in [5.41, 5.74) is 9.46. The Morgan fingerprint density at radius 3 is 2.59 bits per heavy atom. The van der Waals surface area contributed by atoms with Crippen LogP contribution in [0.15, 0.2) is 41.6 Å². The number of hydrogen-bond acceptors (Lipinski definition) is 5. The molecule has 1 aromatic carbocycles. The molecule has 1 heterocycles. The number of morpholine rings is 1. The number of primary amides is 1. The maximum atomic E-state index is 11.7. The zero-order valence-corrected chi connectivity index (χ0v) is 15.8. The molecule has 0 aromatic heterocycles. The molecule has 144 valence electrons. The summed E-state index contributed by atoms with van der Waals surface area (Å²) in [6.07, 6.45) is 7.14. The van der Waals surface area contributed by atoms with E-state index >= 15 is 0 Å². The number of ketones is 1. The third-order valence-electron chi connectivity index (χ3n) is 5.08. The van der Waals surface area contributed by atoms with Crippen LogP contribution in [0.3, 0.4) is 0 Å². The Hall–Kier alpha value is -2.44. The maximum absolute atomic E-state index is 11.7. The van der Waals surface area contributed by atoms with Crippen molar-refractivity contribution in [2.75, 3.05) is 38.2 Å². The van der Waals surface area contributed by atoms with Crippen LogP contribution in [0.5, 0.6) is 0 Å². The summed E-state index contributed by atoms with van der Waals surface area (Å²) < 4.78 is 5.38. The van der Waals surface area contributed by atoms with E-state index < -0.39 is 5.91 Å². The first-order valence-electron chi connectivity index (χ1n) is 9.43. The lowest BCUT2D eigenvalue weighted by atomic mass is 9.98. The van der Waals surface area contributed by atoms with Gasteiger partial charge >= 0.3 is 0 Å². The second-order valence-electron chi connectivity index (χ2n) is 7.03. The number of allylic oxidation sites excluding steroid dienone is 3. The van der Waals surface area contributed by atoms with Crippen LogP contribution < -0.4 is 11.1 Å². The van der Waals surface area contributed by atoms with Gasteiger partial charge in [0.2, 0.25) is 0 Å². The van der Waals surface area contributed by atoms with Crippen molar-refractivity contribution < 1.29 is 14.3 Å². The Balaban J connectivity index is 1.65. The van der Waals surface area contributed by atoms with Gasteiger partial charge in [0.05, 0.1) is 24.5 Å². The van der Waals surface area contributed by atoms with Gasteiger partial charge in [-0.25, -0.2) is 0 Å². The highest BCUT2D eigenvalue weighted by Gasteiger charge is 2.15. The van der Waals surface area contributed by atoms with Gasteiger partial charge in [-0.1, -0.05) is 17.7 Å². The number of ether oxygens (including phenoxy) is 1. The number of benzene rings is 1. The summed E-state index contributed by atoms with van der Waals surface area (Å²) in [6, 6.07) is 4.93. The molecule has 0 radical (unpaired) electrons. The van der Waals surface area contributed by atoms with Crippen LogP contribution >= 0.6 is 0 Å². The van der Waals surface area contributed by atoms with Crippen molar-refractivity contribution >= 4 is 17.4 Å². The molecule has 0 spiro atoms. The molecule has 2 aliphatic rings. The van der Waals surface area contributed by atoms with Crippen molar-refractivity contribution in [3.05, 3.63) is 52.7 Å². The minimum absolute atomic E-state index is 0.0445. The molecule has 3 rings (SSSR count). The maximum Gasteiger partial charge on any atom is 0.250 e. The zero-order chi connectivity index (χ0) is 19.2. The fraction of sp³-hybridized carbons (Fsp3) is 0.429. The molecule has 1 aromatic rings. The van der Waals surface area contributed by atoms with Crippen LogP contribution in [0.1, 0.15) is 46.9 Å². The molecule has 0 saturated carbocycles. The Kier molecular flexibility index (Phi) is 6.42. The molecule has 1 saturated heterocycles. The fourth-order valence-corrected chi connectivity index (χ4v) is 3.37. The van der Waals surface area contributed by atoms with Crippen LogP contribution in [0.4, 0.5) is 5.69 Å². The van der Waals surface area contributed by atoms with E-state index in [-0.39, 0.29) is 5.78 Å². The summed E-state index contributed by atoms with van der Waals surface area (Å²) in [4.78, 5) is 25.8. The van der Waals surface area contributed by atoms with E-state index in [0.717, 1.165) is 57.8 Å². The molecular formula is C21H27N3O3. The van der Waals surface area contributed by atoms with Crippen molar-refractivity contribution in [3.63, 3.8) is 0 Å². The highest BCUT2D eigenvalue weighted by atomic mass is 16.5. The van der Waals surface area contributed by atoms with E-state index in [1.54, 1.807) is 18.2 Å². The van der Waals surface area contributed by atoms with Crippen LogP contribution in [-0.2, 0) is 4.74 Å². The van der Waals surface area contributed by atoms with Crippen LogP contribution in [0.2, 0.25) is 0 Å². The predicted molar refractivity (Wildman–Crippen MR) is 106 cm³/mol. The minimum atomic E-state index is -0.509. The van der Waals surface area contributed by atoms with Gasteiger partial charge in [-0.2, -0.15) is 0 Å². The highest BCUT2D eigenvalue weighted by Crippen LogP contribution is 2.25. The van der Waals surface area contributed by atoms with Crippen molar-refractivity contribution in [3.8, 4) is 0 Å². The molecule has 6 nitrogen and oxygen atoms in total. The lowest BCUT2D eigenvalue weighted by Gasteiger charge is -2.27. The number of anilines is 1. The van der Waals surface area contributed by atoms with Crippen molar-refractivity contribution in [1.29, 1.82) is 0 Å². The Labute approximate surface area is 160 Å². The zero-order valence-electron chi connectivity index (χ0n) is 15.8. The smallest absolute Gasteiger partial charge is 0.250 e. The lowest BCUT2D eigenvalue weighted by molar-refractivity contribution is 0.0383. The molecule has 0 atom stereocenters. The molecule has 3 N–H and O–H groups in total. The summed E-state index contributed by atoms with van der Waals surface area (Å²) in [6.45, 7) is 6.25. The SMILES string of the molecule is CC(=O)c1ccc(C(N)=O)c(NC2=CC=C(CCN3CCOCC3)CC2)c1. The number of nitrogens with zero attached hydrogens (tertiary/aromatic N) is 1. The van der Waals surface area contributed by atoms with Crippen molar-refractivity contribution in [1.82, 2.24) is 4.90 Å². The van der Waals surface area contributed by atoms with Gasteiger partial charge in [0.1, 0.15) is 0 Å². The van der Waals surface area contributed by atoms with Crippen LogP contribution in [-0.4, -0.2) is 49.4 Å². The minimum Gasteiger partial charge on any atom is -0.379 e. The van der Waals surface area contributed by atoms with Crippen LogP contribution in [0.25, 0.3) is 0 Å². The van der Waals surface area contributed by atoms with Gasteiger partial charge in [-0.15, -0.1) is 0 Å². The monoisotopic (exact) mass is 369 g/mol. The average Bonchev–Trinajstić information content (AvgIpc) is 2.68. The molecule has 1 amide bonds. The van der Waals surface area contributed by atoms with Gasteiger partial charge < -0.3 is 15.8 Å². The number of amides is 1. The molecule has 27 heavy (non-hydrogen) atoms. The quantitative estimate of drug-likeness (QED) is 0.722. The number of carbonyl (C=O) groups excluding carboxylic acids is 2. The first-order valence-corrected chi connectivity index (χ1v) is 9.43. The van der Waals surface area contributed by atoms with E-state index in [4.69, 9.17) is 10.5 Å². The summed E-state index contributed by atoms with van der Waals surface area (Å²) in [5.74, 6) is -0.553. The molecule has 1 aliphatic carbocycles. The first-order chi connectivity index (χ1) is 13.0. The predicted octanol–water partition coefficient (Wildman–Crippen LogP) is 2.73. The van der Waals surface area contributed by atoms with E-state index in [1.807, 2.05) is 0 Å². The number of hydrogen-bond donors (Lipinski definition) is 2. The van der Waals surface area contributed by atoms with Crippen molar-refractivity contribution in [2.24, 2.45) is 5.73 Å². The van der Waals surface area contributed by atoms with Gasteiger partial charge in [-0.05, 0) is 44.4 Å². The Morgan fingerprint density at radius 2 is 1.96 bits per heavy atom. The van der Waals surface area contributed by atoms with Crippen molar-refractivity contribution in [2.45, 2.75) is 26.2 Å². The van der Waals surface area contributed by atoms with Crippen LogP contribution in [0, 0.1) is 0 Å². The molecule has 0 unspecified atom stereocenters. The summed E-state index contributed by atoms with van der Waals surface area (Å²) in [5, 5.41) is 3.29. The van der Waals surface area contributed by atoms with E-state index in [0.29, 0.717) is 16.8 Å². The second-order valence-corrected chi connectivity index (χ2v) is 7.03. The molecule has 0 bridgehead atoms. The number of Topliss-reactive ketones (excluding diaryl/α,β-unsaturated/α-hetero) is 1. The largest absolute Gasteiger partial charge is 0.379 e. The Bertz CT molecular complexity index is 777. The summed E-state index contributed by atoms with van der Waals surface area (Å²) >= 11 is 0. The van der Waals surface area contributed by atoms with E-state index in [2.05, 4.69) is 22.4 Å². The normalized spacial score (nSPS) is 17.8. The number of nitrogens with one attached hydrogen (secondary N) is 1. The number of rotatable bonds is 7. The number of carbonyl (C=O) groups is 2.